The molecule has 0 spiro atoms. The van der Waals surface area contributed by atoms with Crippen LogP contribution in [-0.2, 0) is 14.3 Å². The third kappa shape index (κ3) is 43.3. The first-order valence-electron chi connectivity index (χ1n) is 30.4. The van der Waals surface area contributed by atoms with Crippen molar-refractivity contribution in [2.75, 3.05) is 13.2 Å². The molecule has 0 bridgehead atoms. The summed E-state index contributed by atoms with van der Waals surface area (Å²) in [7, 11) is 0. The molecular weight excluding hydrogens is 947 g/mol. The van der Waals surface area contributed by atoms with E-state index in [4.69, 9.17) is 9.47 Å². The highest BCUT2D eigenvalue weighted by atomic mass is 16.7. The Bertz CT molecular complexity index is 1650. The average Bonchev–Trinajstić information content (AvgIpc) is 3.42. The number of hydrogen-bond donors (Lipinski definition) is 6. The van der Waals surface area contributed by atoms with Gasteiger partial charge in [0.15, 0.2) is 6.29 Å². The molecule has 0 aliphatic carbocycles. The smallest absolute Gasteiger partial charge is 0.220 e. The topological polar surface area (TPSA) is 149 Å². The van der Waals surface area contributed by atoms with E-state index in [1.807, 2.05) is 6.08 Å². The summed E-state index contributed by atoms with van der Waals surface area (Å²) in [5.41, 5.74) is 0. The van der Waals surface area contributed by atoms with Gasteiger partial charge in [0.2, 0.25) is 5.91 Å². The van der Waals surface area contributed by atoms with Gasteiger partial charge in [-0.3, -0.25) is 4.79 Å². The molecule has 1 rings (SSSR count). The van der Waals surface area contributed by atoms with E-state index in [1.54, 1.807) is 6.08 Å². The Kier molecular flexibility index (Phi) is 50.6. The van der Waals surface area contributed by atoms with Crippen molar-refractivity contribution >= 4 is 5.91 Å². The van der Waals surface area contributed by atoms with Crippen molar-refractivity contribution < 1.29 is 39.8 Å². The van der Waals surface area contributed by atoms with E-state index < -0.39 is 49.5 Å². The summed E-state index contributed by atoms with van der Waals surface area (Å²) < 4.78 is 11.2. The summed E-state index contributed by atoms with van der Waals surface area (Å²) in [6, 6.07) is -0.864. The lowest BCUT2D eigenvalue weighted by molar-refractivity contribution is -0.302. The zero-order valence-electron chi connectivity index (χ0n) is 48.0. The van der Waals surface area contributed by atoms with Gasteiger partial charge in [-0.05, 0) is 109 Å². The number of aliphatic hydroxyl groups excluding tert-OH is 5. The van der Waals surface area contributed by atoms with E-state index in [-0.39, 0.29) is 18.9 Å². The largest absolute Gasteiger partial charge is 0.394 e. The van der Waals surface area contributed by atoms with E-state index in [9.17, 15) is 30.3 Å². The molecule has 1 saturated heterocycles. The summed E-state index contributed by atoms with van der Waals surface area (Å²) in [6.45, 7) is 3.62. The number of unbranched alkanes of at least 4 members (excludes halogenated alkanes) is 20. The normalized spacial score (nSPS) is 19.8. The third-order valence-electron chi connectivity index (χ3n) is 13.4. The van der Waals surface area contributed by atoms with Gasteiger partial charge in [-0.2, -0.15) is 0 Å². The summed E-state index contributed by atoms with van der Waals surface area (Å²) in [4.78, 5) is 13.1. The van der Waals surface area contributed by atoms with Crippen molar-refractivity contribution in [3.63, 3.8) is 0 Å². The molecule has 76 heavy (non-hydrogen) atoms. The Labute approximate surface area is 464 Å². The molecule has 0 aromatic carbocycles. The molecule has 7 unspecified atom stereocenters. The predicted octanol–water partition coefficient (Wildman–Crippen LogP) is 15.7. The van der Waals surface area contributed by atoms with E-state index in [1.165, 1.54) is 103 Å². The highest BCUT2D eigenvalue weighted by Crippen LogP contribution is 2.23. The van der Waals surface area contributed by atoms with Crippen molar-refractivity contribution in [3.05, 3.63) is 134 Å². The lowest BCUT2D eigenvalue weighted by atomic mass is 9.99. The Morgan fingerprint density at radius 3 is 1.26 bits per heavy atom. The fourth-order valence-electron chi connectivity index (χ4n) is 8.67. The van der Waals surface area contributed by atoms with E-state index >= 15 is 0 Å². The maximum Gasteiger partial charge on any atom is 0.220 e. The summed E-state index contributed by atoms with van der Waals surface area (Å²) in [5, 5.41) is 54.5. The van der Waals surface area contributed by atoms with Crippen molar-refractivity contribution in [1.29, 1.82) is 0 Å². The van der Waals surface area contributed by atoms with E-state index in [0.717, 1.165) is 89.9 Å². The molecule has 1 heterocycles. The SMILES string of the molecule is CC/C=C\C/C=C\C/C=C\C/C=C\C/C=C\C/C=C\C/C=C\C/C=C\CCCCC(=O)NC(COC1OC(CO)C(O)C(O)C1O)C(O)/C=C/CC/C=C/CC/C=C/CCCCCCCCCCCCCCCCCC. The van der Waals surface area contributed by atoms with Crippen LogP contribution >= 0.6 is 0 Å². The van der Waals surface area contributed by atoms with Crippen LogP contribution in [-0.4, -0.2) is 87.5 Å². The standard InChI is InChI=1S/C67H111NO8/c1-3-5-7-9-11-13-15-17-19-21-23-25-27-29-31-33-35-37-39-41-43-45-47-49-51-53-55-57-63(71)68-60(59-75-67-66(74)65(73)64(72)62(58-69)76-67)61(70)56-54-52-50-48-46-44-42-40-38-36-34-32-30-28-26-24-22-20-18-16-14-12-10-8-6-4-2/h5,7,11,13,17,19,23,25,29,31,35,37-38,40-41,43,46-49,54,56,60-62,64-67,69-70,72-74H,3-4,6,8-10,12,14-16,18,20-22,24,26-28,30,32-34,36,39,42,44-45,50-53,55,57-59H2,1-2H3,(H,68,71)/b7-5-,13-11-,19-17-,25-23-,31-29-,37-35-,40-38+,43-41-,48-46+,49-47-,56-54+. The van der Waals surface area contributed by atoms with Gasteiger partial charge in [0.1, 0.15) is 24.4 Å². The summed E-state index contributed by atoms with van der Waals surface area (Å²) in [5.74, 6) is -0.238. The van der Waals surface area contributed by atoms with E-state index in [0.29, 0.717) is 12.8 Å². The Morgan fingerprint density at radius 2 is 0.829 bits per heavy atom. The zero-order valence-corrected chi connectivity index (χ0v) is 48.0. The van der Waals surface area contributed by atoms with Crippen LogP contribution in [0.15, 0.2) is 134 Å². The number of carbonyl (C=O) groups is 1. The van der Waals surface area contributed by atoms with Crippen molar-refractivity contribution in [3.8, 4) is 0 Å². The zero-order chi connectivity index (χ0) is 55.0. The second-order valence-corrected chi connectivity index (χ2v) is 20.4. The van der Waals surface area contributed by atoms with Gasteiger partial charge >= 0.3 is 0 Å². The molecule has 432 valence electrons. The minimum atomic E-state index is -1.59. The molecule has 1 fully saturated rings. The first-order chi connectivity index (χ1) is 37.3. The highest BCUT2D eigenvalue weighted by molar-refractivity contribution is 5.76. The average molecular weight is 1060 g/mol. The minimum absolute atomic E-state index is 0.233. The van der Waals surface area contributed by atoms with Crippen LogP contribution < -0.4 is 5.32 Å². The molecular formula is C67H111NO8. The fourth-order valence-corrected chi connectivity index (χ4v) is 8.67. The lowest BCUT2D eigenvalue weighted by Crippen LogP contribution is -2.60. The fraction of sp³-hybridized carbons (Fsp3) is 0.657. The number of nitrogens with one attached hydrogen (secondary N) is 1. The van der Waals surface area contributed by atoms with Gasteiger partial charge in [0.25, 0.3) is 0 Å². The molecule has 7 atom stereocenters. The summed E-state index contributed by atoms with van der Waals surface area (Å²) in [6.07, 6.45) is 76.7. The lowest BCUT2D eigenvalue weighted by Gasteiger charge is -2.40. The molecule has 0 aromatic rings. The van der Waals surface area contributed by atoms with Gasteiger partial charge in [-0.25, -0.2) is 0 Å². The van der Waals surface area contributed by atoms with Crippen LogP contribution in [0.25, 0.3) is 0 Å². The first kappa shape index (κ1) is 70.3. The molecule has 9 heteroatoms. The molecule has 0 saturated carbocycles. The molecule has 1 aliphatic rings. The van der Waals surface area contributed by atoms with Crippen LogP contribution in [0.4, 0.5) is 0 Å². The number of carbonyl (C=O) groups excluding carboxylic acids is 1. The molecule has 0 aromatic heterocycles. The van der Waals surface area contributed by atoms with Gasteiger partial charge in [0.05, 0.1) is 25.4 Å². The quantitative estimate of drug-likeness (QED) is 0.0261. The number of amides is 1. The number of aliphatic hydroxyl groups is 5. The molecule has 1 amide bonds. The predicted molar refractivity (Wildman–Crippen MR) is 322 cm³/mol. The van der Waals surface area contributed by atoms with Crippen LogP contribution in [0.5, 0.6) is 0 Å². The van der Waals surface area contributed by atoms with Crippen molar-refractivity contribution in [2.24, 2.45) is 0 Å². The molecule has 6 N–H and O–H groups in total. The van der Waals surface area contributed by atoms with E-state index in [2.05, 4.69) is 141 Å². The molecule has 9 nitrogen and oxygen atoms in total. The molecule has 0 radical (unpaired) electrons. The van der Waals surface area contributed by atoms with Crippen LogP contribution in [0, 0.1) is 0 Å². The van der Waals surface area contributed by atoms with Crippen molar-refractivity contribution in [2.45, 2.75) is 269 Å². The monoisotopic (exact) mass is 1060 g/mol. The number of allylic oxidation sites excluding steroid dienone is 21. The van der Waals surface area contributed by atoms with Crippen LogP contribution in [0.1, 0.15) is 226 Å². The Balaban J connectivity index is 2.31. The van der Waals surface area contributed by atoms with Gasteiger partial charge in [-0.15, -0.1) is 0 Å². The van der Waals surface area contributed by atoms with Crippen molar-refractivity contribution in [1.82, 2.24) is 5.32 Å². The number of ether oxygens (including phenoxy) is 2. The van der Waals surface area contributed by atoms with Gasteiger partial charge in [0, 0.05) is 6.42 Å². The second kappa shape index (κ2) is 54.7. The second-order valence-electron chi connectivity index (χ2n) is 20.4. The first-order valence-corrected chi connectivity index (χ1v) is 30.4. The number of hydrogen-bond acceptors (Lipinski definition) is 8. The maximum absolute atomic E-state index is 13.1. The highest BCUT2D eigenvalue weighted by Gasteiger charge is 2.44. The maximum atomic E-state index is 13.1. The van der Waals surface area contributed by atoms with Crippen LogP contribution in [0.3, 0.4) is 0 Å². The minimum Gasteiger partial charge on any atom is -0.394 e. The van der Waals surface area contributed by atoms with Gasteiger partial charge < -0.3 is 40.3 Å². The van der Waals surface area contributed by atoms with Crippen LogP contribution in [0.2, 0.25) is 0 Å². The molecule has 1 aliphatic heterocycles. The Hall–Kier alpha value is -3.67. The summed E-state index contributed by atoms with van der Waals surface area (Å²) >= 11 is 0. The third-order valence-corrected chi connectivity index (χ3v) is 13.4. The van der Waals surface area contributed by atoms with Gasteiger partial charge in [-0.1, -0.05) is 244 Å². The Morgan fingerprint density at radius 1 is 0.461 bits per heavy atom. The number of rotatable bonds is 50.